The van der Waals surface area contributed by atoms with Gasteiger partial charge in [-0.2, -0.15) is 0 Å². The zero-order valence-corrected chi connectivity index (χ0v) is 18.8. The Morgan fingerprint density at radius 2 is 1.72 bits per heavy atom. The number of thiocarbonyl (C=S) groups is 1. The van der Waals surface area contributed by atoms with Crippen LogP contribution in [0.3, 0.4) is 0 Å². The zero-order valence-electron chi connectivity index (χ0n) is 18.0. The Balaban J connectivity index is 1.56. The van der Waals surface area contributed by atoms with Crippen molar-refractivity contribution in [1.29, 1.82) is 0 Å². The van der Waals surface area contributed by atoms with Crippen LogP contribution in [0, 0.1) is 0 Å². The minimum Gasteiger partial charge on any atom is -0.492 e. The number of carbonyl (C=O) groups is 1. The summed E-state index contributed by atoms with van der Waals surface area (Å²) in [5, 5.41) is 5.91. The van der Waals surface area contributed by atoms with Gasteiger partial charge in [-0.1, -0.05) is 55.1 Å². The molecule has 1 amide bonds. The summed E-state index contributed by atoms with van der Waals surface area (Å²) in [6, 6.07) is 24.5. The molecular weight excluding hydrogens is 420 g/mol. The molecule has 0 aliphatic rings. The van der Waals surface area contributed by atoms with Crippen molar-refractivity contribution < 1.29 is 14.3 Å². The highest BCUT2D eigenvalue weighted by Gasteiger charge is 2.14. The van der Waals surface area contributed by atoms with E-state index in [4.69, 9.17) is 21.7 Å². The van der Waals surface area contributed by atoms with Crippen LogP contribution < -0.4 is 20.1 Å². The second-order valence-corrected chi connectivity index (χ2v) is 7.67. The molecule has 0 radical (unpaired) electrons. The highest BCUT2D eigenvalue weighted by atomic mass is 32.1. The Kier molecular flexibility index (Phi) is 8.40. The fourth-order valence-electron chi connectivity index (χ4n) is 2.91. The molecule has 0 spiro atoms. The third kappa shape index (κ3) is 7.25. The summed E-state index contributed by atoms with van der Waals surface area (Å²) in [6.07, 6.45) is 0.751. The van der Waals surface area contributed by atoms with Gasteiger partial charge in [0.2, 0.25) is 0 Å². The second-order valence-electron chi connectivity index (χ2n) is 7.26. The summed E-state index contributed by atoms with van der Waals surface area (Å²) in [5.41, 5.74) is 3.23. The Morgan fingerprint density at radius 1 is 0.969 bits per heavy atom. The fraction of sp³-hybridized carbons (Fsp3) is 0.154. The Hall–Kier alpha value is -3.64. The summed E-state index contributed by atoms with van der Waals surface area (Å²) in [4.78, 5) is 12.8. The third-order valence-electron chi connectivity index (χ3n) is 4.43. The molecule has 0 unspecified atom stereocenters. The largest absolute Gasteiger partial charge is 0.492 e. The van der Waals surface area contributed by atoms with E-state index in [1.807, 2.05) is 67.6 Å². The van der Waals surface area contributed by atoms with Crippen LogP contribution in [0.1, 0.15) is 22.8 Å². The van der Waals surface area contributed by atoms with Crippen molar-refractivity contribution in [2.75, 3.05) is 18.5 Å². The molecule has 6 heteroatoms. The summed E-state index contributed by atoms with van der Waals surface area (Å²) in [6.45, 7) is 6.63. The summed E-state index contributed by atoms with van der Waals surface area (Å²) in [5.74, 6) is 0.857. The maximum Gasteiger partial charge on any atom is 0.261 e. The first-order valence-electron chi connectivity index (χ1n) is 10.3. The molecule has 0 aromatic heterocycles. The third-order valence-corrected chi connectivity index (χ3v) is 4.63. The van der Waals surface area contributed by atoms with Crippen molar-refractivity contribution in [3.8, 4) is 11.5 Å². The molecular formula is C26H26N2O3S. The minimum atomic E-state index is -0.340. The molecule has 0 bridgehead atoms. The standard InChI is InChI=1S/C26H26N2O3S/c1-19(2)18-31-22-12-8-11-21(17-22)27-26(32)28-25(29)23-13-6-7-14-24(23)30-16-15-20-9-4-3-5-10-20/h3-14,17H,1,15-16,18H2,2H3,(H2,27,28,29,32). The number of benzene rings is 3. The predicted octanol–water partition coefficient (Wildman–Crippen LogP) is 5.39. The van der Waals surface area contributed by atoms with Crippen LogP contribution in [0.25, 0.3) is 0 Å². The van der Waals surface area contributed by atoms with Gasteiger partial charge >= 0.3 is 0 Å². The topological polar surface area (TPSA) is 59.6 Å². The molecule has 3 rings (SSSR count). The van der Waals surface area contributed by atoms with E-state index < -0.39 is 0 Å². The molecule has 0 heterocycles. The number of hydrogen-bond acceptors (Lipinski definition) is 4. The number of carbonyl (C=O) groups excluding carboxylic acids is 1. The number of rotatable bonds is 9. The van der Waals surface area contributed by atoms with Gasteiger partial charge in [-0.05, 0) is 54.5 Å². The molecule has 0 atom stereocenters. The van der Waals surface area contributed by atoms with Gasteiger partial charge in [0.1, 0.15) is 18.1 Å². The van der Waals surface area contributed by atoms with E-state index >= 15 is 0 Å². The Morgan fingerprint density at radius 3 is 2.50 bits per heavy atom. The number of amides is 1. The van der Waals surface area contributed by atoms with Gasteiger partial charge in [0.05, 0.1) is 12.2 Å². The summed E-state index contributed by atoms with van der Waals surface area (Å²) < 4.78 is 11.5. The molecule has 164 valence electrons. The first-order chi connectivity index (χ1) is 15.5. The molecule has 0 fully saturated rings. The van der Waals surface area contributed by atoms with Crippen LogP contribution in [0.15, 0.2) is 91.0 Å². The van der Waals surface area contributed by atoms with E-state index in [1.54, 1.807) is 18.2 Å². The number of ether oxygens (including phenoxy) is 2. The maximum atomic E-state index is 12.8. The molecule has 32 heavy (non-hydrogen) atoms. The average Bonchev–Trinajstić information content (AvgIpc) is 2.79. The van der Waals surface area contributed by atoms with Gasteiger partial charge in [-0.25, -0.2) is 0 Å². The van der Waals surface area contributed by atoms with Gasteiger partial charge in [0, 0.05) is 18.2 Å². The quantitative estimate of drug-likeness (QED) is 0.341. The van der Waals surface area contributed by atoms with Crippen molar-refractivity contribution >= 4 is 28.9 Å². The summed E-state index contributed by atoms with van der Waals surface area (Å²) >= 11 is 5.32. The predicted molar refractivity (Wildman–Crippen MR) is 133 cm³/mol. The number of anilines is 1. The molecule has 0 aliphatic carbocycles. The van der Waals surface area contributed by atoms with Crippen molar-refractivity contribution in [2.45, 2.75) is 13.3 Å². The lowest BCUT2D eigenvalue weighted by Gasteiger charge is -2.14. The van der Waals surface area contributed by atoms with E-state index in [-0.39, 0.29) is 11.0 Å². The molecule has 2 N–H and O–H groups in total. The molecule has 0 saturated carbocycles. The highest BCUT2D eigenvalue weighted by molar-refractivity contribution is 7.80. The van der Waals surface area contributed by atoms with Gasteiger partial charge in [-0.15, -0.1) is 0 Å². The SMILES string of the molecule is C=C(C)COc1cccc(NC(=S)NC(=O)c2ccccc2OCCc2ccccc2)c1. The lowest BCUT2D eigenvalue weighted by atomic mass is 10.1. The number of nitrogens with one attached hydrogen (secondary N) is 2. The summed E-state index contributed by atoms with van der Waals surface area (Å²) in [7, 11) is 0. The second kappa shape index (κ2) is 11.7. The van der Waals surface area contributed by atoms with Crippen molar-refractivity contribution in [3.63, 3.8) is 0 Å². The van der Waals surface area contributed by atoms with Crippen molar-refractivity contribution in [1.82, 2.24) is 5.32 Å². The molecule has 0 aliphatic heterocycles. The van der Waals surface area contributed by atoms with Crippen LogP contribution in [0.2, 0.25) is 0 Å². The smallest absolute Gasteiger partial charge is 0.261 e. The monoisotopic (exact) mass is 446 g/mol. The van der Waals surface area contributed by atoms with Crippen LogP contribution in [-0.4, -0.2) is 24.2 Å². The Bertz CT molecular complexity index is 1080. The van der Waals surface area contributed by atoms with E-state index in [1.165, 1.54) is 5.56 Å². The lowest BCUT2D eigenvalue weighted by molar-refractivity contribution is 0.0974. The van der Waals surface area contributed by atoms with Crippen LogP contribution >= 0.6 is 12.2 Å². The maximum absolute atomic E-state index is 12.8. The van der Waals surface area contributed by atoms with Crippen LogP contribution in [0.4, 0.5) is 5.69 Å². The molecule has 3 aromatic rings. The minimum absolute atomic E-state index is 0.186. The molecule has 3 aromatic carbocycles. The van der Waals surface area contributed by atoms with Gasteiger partial charge in [-0.3, -0.25) is 10.1 Å². The normalized spacial score (nSPS) is 10.2. The number of para-hydroxylation sites is 1. The highest BCUT2D eigenvalue weighted by Crippen LogP contribution is 2.20. The fourth-order valence-corrected chi connectivity index (χ4v) is 3.12. The zero-order chi connectivity index (χ0) is 22.8. The van der Waals surface area contributed by atoms with E-state index in [0.29, 0.717) is 36.0 Å². The molecule has 0 saturated heterocycles. The lowest BCUT2D eigenvalue weighted by Crippen LogP contribution is -2.34. The first-order valence-corrected chi connectivity index (χ1v) is 10.7. The van der Waals surface area contributed by atoms with E-state index in [0.717, 1.165) is 12.0 Å². The van der Waals surface area contributed by atoms with Crippen LogP contribution in [0.5, 0.6) is 11.5 Å². The van der Waals surface area contributed by atoms with Crippen LogP contribution in [-0.2, 0) is 6.42 Å². The van der Waals surface area contributed by atoms with E-state index in [9.17, 15) is 4.79 Å². The Labute approximate surface area is 194 Å². The van der Waals surface area contributed by atoms with E-state index in [2.05, 4.69) is 17.2 Å². The first kappa shape index (κ1) is 23.0. The van der Waals surface area contributed by atoms with Crippen molar-refractivity contribution in [2.24, 2.45) is 0 Å². The van der Waals surface area contributed by atoms with Crippen molar-refractivity contribution in [3.05, 3.63) is 102 Å². The average molecular weight is 447 g/mol. The van der Waals surface area contributed by atoms with Gasteiger partial charge < -0.3 is 14.8 Å². The van der Waals surface area contributed by atoms with Gasteiger partial charge in [0.15, 0.2) is 5.11 Å². The molecule has 5 nitrogen and oxygen atoms in total. The number of hydrogen-bond donors (Lipinski definition) is 2. The van der Waals surface area contributed by atoms with Gasteiger partial charge in [0.25, 0.3) is 5.91 Å².